The molecule has 2 saturated heterocycles. The van der Waals surface area contributed by atoms with Crippen molar-refractivity contribution >= 4 is 64.7 Å². The number of thiazole rings is 2. The third-order valence-electron chi connectivity index (χ3n) is 10.6. The number of fused-ring (bicyclic) bond motifs is 2. The molecule has 0 aliphatic carbocycles. The third-order valence-corrected chi connectivity index (χ3v) is 12.5. The van der Waals surface area contributed by atoms with Crippen LogP contribution in [0.3, 0.4) is 0 Å². The van der Waals surface area contributed by atoms with Gasteiger partial charge in [0.15, 0.2) is 10.3 Å². The van der Waals surface area contributed by atoms with Crippen LogP contribution >= 0.6 is 22.7 Å². The molecule has 304 valence electrons. The second-order valence-corrected chi connectivity index (χ2v) is 16.8. The molecule has 2 atom stereocenters. The van der Waals surface area contributed by atoms with Crippen LogP contribution in [0.5, 0.6) is 23.3 Å². The number of benzene rings is 4. The Kier molecular flexibility index (Phi) is 12.8. The molecule has 2 aliphatic heterocycles. The minimum atomic E-state index is 0.427. The highest BCUT2D eigenvalue weighted by Crippen LogP contribution is 2.37. The quantitative estimate of drug-likeness (QED) is 0.138. The average molecular weight is 835 g/mol. The summed E-state index contributed by atoms with van der Waals surface area (Å²) in [7, 11) is 0. The second kappa shape index (κ2) is 19.4. The van der Waals surface area contributed by atoms with Gasteiger partial charge in [-0.15, -0.1) is 0 Å². The fourth-order valence-electron chi connectivity index (χ4n) is 7.56. The maximum absolute atomic E-state index is 6.16. The average Bonchev–Trinajstić information content (AvgIpc) is 3.63. The van der Waals surface area contributed by atoms with Crippen LogP contribution in [0.15, 0.2) is 134 Å². The molecule has 8 aromatic rings. The van der Waals surface area contributed by atoms with E-state index in [0.29, 0.717) is 23.6 Å². The summed E-state index contributed by atoms with van der Waals surface area (Å²) in [5, 5.41) is 8.52. The van der Waals surface area contributed by atoms with Crippen LogP contribution in [-0.2, 0) is 9.47 Å². The van der Waals surface area contributed by atoms with Crippen LogP contribution in [0.25, 0.3) is 20.4 Å². The zero-order valence-electron chi connectivity index (χ0n) is 33.2. The molecule has 4 aromatic heterocycles. The Bertz CT molecular complexity index is 2350. The van der Waals surface area contributed by atoms with Crippen molar-refractivity contribution in [2.45, 2.75) is 50.4 Å². The van der Waals surface area contributed by atoms with Crippen LogP contribution in [-0.4, -0.2) is 46.4 Å². The van der Waals surface area contributed by atoms with E-state index in [2.05, 4.69) is 54.8 Å². The summed E-state index contributed by atoms with van der Waals surface area (Å²) in [4.78, 5) is 18.3. The lowest BCUT2D eigenvalue weighted by Crippen LogP contribution is -2.03. The summed E-state index contributed by atoms with van der Waals surface area (Å²) in [5.41, 5.74) is 6.31. The predicted octanol–water partition coefficient (Wildman–Crippen LogP) is 13.0. The summed E-state index contributed by atoms with van der Waals surface area (Å²) in [6.07, 6.45) is 9.95. The monoisotopic (exact) mass is 834 g/mol. The zero-order chi connectivity index (χ0) is 40.4. The molecule has 0 amide bonds. The zero-order valence-corrected chi connectivity index (χ0v) is 34.8. The predicted molar refractivity (Wildman–Crippen MR) is 242 cm³/mol. The molecule has 6 heterocycles. The molecule has 10 nitrogen and oxygen atoms in total. The third kappa shape index (κ3) is 10.1. The van der Waals surface area contributed by atoms with E-state index in [0.717, 1.165) is 109 Å². The van der Waals surface area contributed by atoms with Crippen LogP contribution in [0.2, 0.25) is 0 Å². The first-order valence-corrected chi connectivity index (χ1v) is 22.2. The van der Waals surface area contributed by atoms with Crippen LogP contribution in [0.4, 0.5) is 21.6 Å². The van der Waals surface area contributed by atoms with Crippen molar-refractivity contribution in [2.75, 3.05) is 37.1 Å². The molecule has 4 aromatic carbocycles. The second-order valence-electron chi connectivity index (χ2n) is 14.8. The fraction of sp³-hybridized carbons (Fsp3) is 0.250. The van der Waals surface area contributed by atoms with Gasteiger partial charge in [-0.3, -0.25) is 0 Å². The van der Waals surface area contributed by atoms with E-state index in [-0.39, 0.29) is 0 Å². The molecule has 0 saturated carbocycles. The summed E-state index contributed by atoms with van der Waals surface area (Å²) in [6, 6.07) is 40.4. The van der Waals surface area contributed by atoms with Gasteiger partial charge >= 0.3 is 0 Å². The van der Waals surface area contributed by atoms with Gasteiger partial charge < -0.3 is 29.6 Å². The lowest BCUT2D eigenvalue weighted by atomic mass is 9.93. The van der Waals surface area contributed by atoms with Crippen molar-refractivity contribution in [2.24, 2.45) is 0 Å². The molecule has 2 aliphatic rings. The number of para-hydroxylation sites is 2. The highest BCUT2D eigenvalue weighted by atomic mass is 32.1. The molecule has 2 N–H and O–H groups in total. The van der Waals surface area contributed by atoms with E-state index in [9.17, 15) is 0 Å². The molecule has 1 unspecified atom stereocenters. The van der Waals surface area contributed by atoms with Crippen molar-refractivity contribution in [1.82, 2.24) is 19.9 Å². The minimum absolute atomic E-state index is 0.427. The number of nitrogens with one attached hydrogen (secondary N) is 2. The Hall–Kier alpha value is -5.92. The topological polar surface area (TPSA) is 113 Å². The normalized spacial score (nSPS) is 16.9. The lowest BCUT2D eigenvalue weighted by Gasteiger charge is -2.17. The molecule has 10 rings (SSSR count). The van der Waals surface area contributed by atoms with Crippen molar-refractivity contribution in [1.29, 1.82) is 0 Å². The Morgan fingerprint density at radius 2 is 0.933 bits per heavy atom. The van der Waals surface area contributed by atoms with Gasteiger partial charge in [0.05, 0.1) is 20.4 Å². The van der Waals surface area contributed by atoms with Crippen LogP contribution in [0, 0.1) is 0 Å². The van der Waals surface area contributed by atoms with Crippen molar-refractivity contribution < 1.29 is 18.9 Å². The van der Waals surface area contributed by atoms with Crippen LogP contribution in [0.1, 0.15) is 61.5 Å². The molecule has 60 heavy (non-hydrogen) atoms. The standard InChI is InChI=1S/2C24H23N3O2S/c2*1-2-8-22-21(7-1)27-24(30-22)26-18-9-11-19(12-10-18)29-23-20(6-3-14-25-23)17-5-4-15-28-16-13-17/h2*1-3,6-12,14,17H,4-5,13,15-16H2,(H,26,27)/t17-;/m1./s1. The Morgan fingerprint density at radius 3 is 1.38 bits per heavy atom. The number of hydrogen-bond donors (Lipinski definition) is 2. The SMILES string of the molecule is c1cnc(Oc2ccc(Nc3nc4ccccc4s3)cc2)c(C2CCCOCC2)c1.c1cnc(Oc2ccc(Nc3nc4ccccc4s3)cc2)c([C@@H]2CCCOCC2)c1. The molecular weight excluding hydrogens is 789 g/mol. The number of nitrogens with zero attached hydrogens (tertiary/aromatic N) is 4. The summed E-state index contributed by atoms with van der Waals surface area (Å²) >= 11 is 3.29. The van der Waals surface area contributed by atoms with Crippen molar-refractivity contribution in [3.05, 3.63) is 145 Å². The van der Waals surface area contributed by atoms with E-state index in [1.54, 1.807) is 35.1 Å². The fourth-order valence-corrected chi connectivity index (χ4v) is 9.33. The van der Waals surface area contributed by atoms with Gasteiger partial charge in [-0.25, -0.2) is 19.9 Å². The maximum atomic E-state index is 6.16. The first-order valence-electron chi connectivity index (χ1n) is 20.6. The maximum Gasteiger partial charge on any atom is 0.222 e. The van der Waals surface area contributed by atoms with Crippen molar-refractivity contribution in [3.63, 3.8) is 0 Å². The molecule has 12 heteroatoms. The highest BCUT2D eigenvalue weighted by molar-refractivity contribution is 7.22. The molecule has 2 fully saturated rings. The summed E-state index contributed by atoms with van der Waals surface area (Å²) in [5.74, 6) is 3.78. The largest absolute Gasteiger partial charge is 0.439 e. The summed E-state index contributed by atoms with van der Waals surface area (Å²) < 4.78 is 25.9. The minimum Gasteiger partial charge on any atom is -0.439 e. The Labute approximate surface area is 357 Å². The highest BCUT2D eigenvalue weighted by Gasteiger charge is 2.21. The number of rotatable bonds is 10. The molecule has 0 bridgehead atoms. The van der Waals surface area contributed by atoms with Crippen molar-refractivity contribution in [3.8, 4) is 23.3 Å². The molecular formula is C48H46N6O4S2. The first kappa shape index (κ1) is 39.5. The first-order chi connectivity index (χ1) is 29.7. The van der Waals surface area contributed by atoms with E-state index in [4.69, 9.17) is 18.9 Å². The van der Waals surface area contributed by atoms with Gasteiger partial charge in [0.1, 0.15) is 11.5 Å². The smallest absolute Gasteiger partial charge is 0.222 e. The van der Waals surface area contributed by atoms with Gasteiger partial charge in [-0.2, -0.15) is 0 Å². The van der Waals surface area contributed by atoms with Gasteiger partial charge in [0, 0.05) is 61.3 Å². The van der Waals surface area contributed by atoms with E-state index < -0.39 is 0 Å². The Balaban J connectivity index is 0.000000154. The van der Waals surface area contributed by atoms with E-state index in [1.165, 1.54) is 20.5 Å². The lowest BCUT2D eigenvalue weighted by molar-refractivity contribution is 0.143. The van der Waals surface area contributed by atoms with Crippen LogP contribution < -0.4 is 20.1 Å². The van der Waals surface area contributed by atoms with Gasteiger partial charge in [-0.05, 0) is 135 Å². The molecule has 0 radical (unpaired) electrons. The Morgan fingerprint density at radius 1 is 0.483 bits per heavy atom. The number of ether oxygens (including phenoxy) is 4. The number of anilines is 4. The number of hydrogen-bond acceptors (Lipinski definition) is 12. The summed E-state index contributed by atoms with van der Waals surface area (Å²) in [6.45, 7) is 3.28. The molecule has 0 spiro atoms. The van der Waals surface area contributed by atoms with E-state index >= 15 is 0 Å². The number of aromatic nitrogens is 4. The van der Waals surface area contributed by atoms with Gasteiger partial charge in [0.2, 0.25) is 11.8 Å². The number of pyridine rings is 2. The van der Waals surface area contributed by atoms with Gasteiger partial charge in [-0.1, -0.05) is 59.1 Å². The van der Waals surface area contributed by atoms with Gasteiger partial charge in [0.25, 0.3) is 0 Å². The van der Waals surface area contributed by atoms with E-state index in [1.807, 2.05) is 97.1 Å².